The Labute approximate surface area is 164 Å². The first kappa shape index (κ1) is 19.2. The number of nitrogens with one attached hydrogen (secondary N) is 1. The van der Waals surface area contributed by atoms with Crippen molar-refractivity contribution in [1.29, 1.82) is 0 Å². The van der Waals surface area contributed by atoms with Gasteiger partial charge in [-0.1, -0.05) is 23.3 Å². The summed E-state index contributed by atoms with van der Waals surface area (Å²) in [5.74, 6) is -0.986. The monoisotopic (exact) mass is 405 g/mol. The van der Waals surface area contributed by atoms with E-state index in [9.17, 15) is 9.59 Å². The van der Waals surface area contributed by atoms with Gasteiger partial charge in [-0.15, -0.1) is 0 Å². The van der Waals surface area contributed by atoms with Gasteiger partial charge in [-0.25, -0.2) is 4.79 Å². The Hall–Kier alpha value is -3.09. The zero-order valence-electron chi connectivity index (χ0n) is 15.2. The van der Waals surface area contributed by atoms with Crippen LogP contribution in [0.4, 0.5) is 0 Å². The van der Waals surface area contributed by atoms with E-state index in [4.69, 9.17) is 24.1 Å². The summed E-state index contributed by atoms with van der Waals surface area (Å²) in [5, 5.41) is 22.9. The summed E-state index contributed by atoms with van der Waals surface area (Å²) in [7, 11) is 0. The van der Waals surface area contributed by atoms with Crippen molar-refractivity contribution in [3.8, 4) is 11.8 Å². The minimum absolute atomic E-state index is 0.212. The summed E-state index contributed by atoms with van der Waals surface area (Å²) < 4.78 is 23.7. The van der Waals surface area contributed by atoms with Gasteiger partial charge in [-0.05, 0) is 22.6 Å². The molecule has 0 saturated carbocycles. The Bertz CT molecular complexity index is 861. The zero-order valence-corrected chi connectivity index (χ0v) is 15.2. The molecule has 0 bridgehead atoms. The number of ether oxygens (including phenoxy) is 4. The highest BCUT2D eigenvalue weighted by atomic mass is 16.6. The molecule has 2 saturated heterocycles. The SMILES string of the molecule is O=C(O)COCC(=O)NC1COC2C1OCC2n1nnnc1Oc1ccccc1. The number of aromatic nitrogens is 4. The molecule has 1 aromatic heterocycles. The molecule has 4 rings (SSSR count). The summed E-state index contributed by atoms with van der Waals surface area (Å²) in [5.41, 5.74) is 0. The standard InChI is InChI=1S/C17H19N5O7/c23-13(8-26-9-14(24)25)18-11-6-27-16-12(7-28-15(11)16)22-17(19-20-21-22)29-10-4-2-1-3-5-10/h1-5,11-12,15-16H,6-9H2,(H,18,23)(H,24,25). The highest BCUT2D eigenvalue weighted by Crippen LogP contribution is 2.35. The lowest BCUT2D eigenvalue weighted by Crippen LogP contribution is -2.45. The maximum Gasteiger partial charge on any atom is 0.341 e. The molecule has 0 aliphatic carbocycles. The van der Waals surface area contributed by atoms with Gasteiger partial charge in [-0.3, -0.25) is 4.79 Å². The summed E-state index contributed by atoms with van der Waals surface area (Å²) in [6.07, 6.45) is -0.765. The quantitative estimate of drug-likeness (QED) is 0.583. The van der Waals surface area contributed by atoms with Gasteiger partial charge in [0.25, 0.3) is 0 Å². The third-order valence-corrected chi connectivity index (χ3v) is 4.56. The molecule has 29 heavy (non-hydrogen) atoms. The van der Waals surface area contributed by atoms with Crippen molar-refractivity contribution in [2.75, 3.05) is 26.4 Å². The van der Waals surface area contributed by atoms with Crippen molar-refractivity contribution in [3.63, 3.8) is 0 Å². The molecule has 12 nitrogen and oxygen atoms in total. The summed E-state index contributed by atoms with van der Waals surface area (Å²) in [6, 6.07) is 8.63. The van der Waals surface area contributed by atoms with E-state index in [0.29, 0.717) is 5.75 Å². The second-order valence-corrected chi connectivity index (χ2v) is 6.54. The van der Waals surface area contributed by atoms with Crippen LogP contribution in [0.25, 0.3) is 0 Å². The van der Waals surface area contributed by atoms with Gasteiger partial charge in [0.15, 0.2) is 0 Å². The van der Waals surface area contributed by atoms with Crippen LogP contribution >= 0.6 is 0 Å². The predicted octanol–water partition coefficient (Wildman–Crippen LogP) is -0.610. The topological polar surface area (TPSA) is 147 Å². The molecule has 4 unspecified atom stereocenters. The van der Waals surface area contributed by atoms with Crippen LogP contribution in [0.1, 0.15) is 6.04 Å². The number of carboxylic acids is 1. The maximum absolute atomic E-state index is 11.9. The maximum atomic E-state index is 11.9. The first-order chi connectivity index (χ1) is 14.1. The van der Waals surface area contributed by atoms with Crippen molar-refractivity contribution in [3.05, 3.63) is 30.3 Å². The molecule has 3 heterocycles. The number of fused-ring (bicyclic) bond motifs is 1. The van der Waals surface area contributed by atoms with E-state index in [2.05, 4.69) is 20.8 Å². The van der Waals surface area contributed by atoms with Gasteiger partial charge in [0.05, 0.1) is 19.3 Å². The number of carbonyl (C=O) groups is 2. The smallest absolute Gasteiger partial charge is 0.341 e. The Morgan fingerprint density at radius 1 is 1.17 bits per heavy atom. The van der Waals surface area contributed by atoms with Crippen LogP contribution < -0.4 is 10.1 Å². The van der Waals surface area contributed by atoms with E-state index >= 15 is 0 Å². The van der Waals surface area contributed by atoms with Gasteiger partial charge in [-0.2, -0.15) is 4.68 Å². The van der Waals surface area contributed by atoms with E-state index in [-0.39, 0.29) is 44.0 Å². The van der Waals surface area contributed by atoms with E-state index in [0.717, 1.165) is 0 Å². The zero-order chi connectivity index (χ0) is 20.2. The number of benzene rings is 1. The van der Waals surface area contributed by atoms with E-state index in [1.54, 1.807) is 12.1 Å². The lowest BCUT2D eigenvalue weighted by atomic mass is 10.1. The minimum Gasteiger partial charge on any atom is -0.480 e. The number of tetrazole rings is 1. The van der Waals surface area contributed by atoms with Crippen molar-refractivity contribution in [2.24, 2.45) is 0 Å². The number of carboxylic acid groups (broad SMARTS) is 1. The molecule has 1 aromatic carbocycles. The molecular weight excluding hydrogens is 386 g/mol. The summed E-state index contributed by atoms with van der Waals surface area (Å²) in [6.45, 7) is -0.366. The van der Waals surface area contributed by atoms with Crippen LogP contribution in [0.3, 0.4) is 0 Å². The van der Waals surface area contributed by atoms with Crippen LogP contribution in [-0.2, 0) is 23.8 Å². The molecular formula is C17H19N5O7. The number of carbonyl (C=O) groups excluding carboxylic acids is 1. The van der Waals surface area contributed by atoms with Crippen molar-refractivity contribution in [1.82, 2.24) is 25.5 Å². The number of hydrogen-bond acceptors (Lipinski definition) is 9. The molecule has 2 aliphatic heterocycles. The van der Waals surface area contributed by atoms with Gasteiger partial charge >= 0.3 is 12.0 Å². The molecule has 4 atom stereocenters. The fraction of sp³-hybridized carbons (Fsp3) is 0.471. The molecule has 2 aliphatic rings. The van der Waals surface area contributed by atoms with Crippen LogP contribution in [0.15, 0.2) is 30.3 Å². The number of rotatable bonds is 8. The Morgan fingerprint density at radius 3 is 2.76 bits per heavy atom. The van der Waals surface area contributed by atoms with Gasteiger partial charge in [0.2, 0.25) is 5.91 Å². The Balaban J connectivity index is 1.37. The Kier molecular flexibility index (Phi) is 5.64. The first-order valence-corrected chi connectivity index (χ1v) is 8.94. The number of para-hydroxylation sites is 1. The molecule has 0 spiro atoms. The molecule has 0 radical (unpaired) electrons. The molecule has 154 valence electrons. The normalized spacial score (nSPS) is 25.5. The second kappa shape index (κ2) is 8.51. The fourth-order valence-corrected chi connectivity index (χ4v) is 3.35. The van der Waals surface area contributed by atoms with E-state index in [1.807, 2.05) is 18.2 Å². The number of aliphatic carboxylic acids is 1. The molecule has 1 amide bonds. The lowest BCUT2D eigenvalue weighted by molar-refractivity contribution is -0.143. The van der Waals surface area contributed by atoms with Crippen LogP contribution in [0.2, 0.25) is 0 Å². The number of amides is 1. The predicted molar refractivity (Wildman–Crippen MR) is 93.2 cm³/mol. The molecule has 2 fully saturated rings. The van der Waals surface area contributed by atoms with E-state index in [1.165, 1.54) is 4.68 Å². The molecule has 12 heteroatoms. The van der Waals surface area contributed by atoms with Gasteiger partial charge in [0.1, 0.15) is 37.2 Å². The molecule has 2 aromatic rings. The Morgan fingerprint density at radius 2 is 1.97 bits per heavy atom. The van der Waals surface area contributed by atoms with Gasteiger partial charge in [0, 0.05) is 0 Å². The van der Waals surface area contributed by atoms with Crippen LogP contribution in [0.5, 0.6) is 11.8 Å². The average molecular weight is 405 g/mol. The second-order valence-electron chi connectivity index (χ2n) is 6.54. The van der Waals surface area contributed by atoms with Crippen LogP contribution in [-0.4, -0.2) is 81.9 Å². The third kappa shape index (κ3) is 4.34. The highest BCUT2D eigenvalue weighted by molar-refractivity contribution is 5.78. The van der Waals surface area contributed by atoms with Crippen molar-refractivity contribution >= 4 is 11.9 Å². The summed E-state index contributed by atoms with van der Waals surface area (Å²) >= 11 is 0. The number of hydrogen-bond donors (Lipinski definition) is 2. The summed E-state index contributed by atoms with van der Waals surface area (Å²) in [4.78, 5) is 22.4. The molecule has 2 N–H and O–H groups in total. The lowest BCUT2D eigenvalue weighted by Gasteiger charge is -2.18. The number of nitrogens with zero attached hydrogens (tertiary/aromatic N) is 4. The van der Waals surface area contributed by atoms with E-state index < -0.39 is 24.6 Å². The highest BCUT2D eigenvalue weighted by Gasteiger charge is 2.50. The third-order valence-electron chi connectivity index (χ3n) is 4.56. The van der Waals surface area contributed by atoms with Gasteiger partial charge < -0.3 is 29.4 Å². The minimum atomic E-state index is -1.14. The average Bonchev–Trinajstić information content (AvgIpc) is 3.40. The van der Waals surface area contributed by atoms with Crippen molar-refractivity contribution < 1.29 is 33.6 Å². The fourth-order valence-electron chi connectivity index (χ4n) is 3.35. The van der Waals surface area contributed by atoms with Crippen molar-refractivity contribution in [2.45, 2.75) is 24.3 Å². The largest absolute Gasteiger partial charge is 0.480 e. The van der Waals surface area contributed by atoms with Crippen LogP contribution in [0, 0.1) is 0 Å². The first-order valence-electron chi connectivity index (χ1n) is 8.94.